The van der Waals surface area contributed by atoms with E-state index in [9.17, 15) is 9.59 Å². The molecule has 0 saturated heterocycles. The van der Waals surface area contributed by atoms with E-state index < -0.39 is 17.5 Å². The third kappa shape index (κ3) is 5.26. The van der Waals surface area contributed by atoms with Crippen molar-refractivity contribution in [1.29, 1.82) is 0 Å². The zero-order valence-corrected chi connectivity index (χ0v) is 10.5. The van der Waals surface area contributed by atoms with E-state index in [4.69, 9.17) is 5.73 Å². The van der Waals surface area contributed by atoms with Crippen molar-refractivity contribution in [2.24, 2.45) is 5.73 Å². The van der Waals surface area contributed by atoms with Crippen molar-refractivity contribution in [3.8, 4) is 0 Å². The number of carbonyl (C=O) groups is 2. The molecule has 0 aromatic carbocycles. The highest BCUT2D eigenvalue weighted by atomic mass is 16.6. The Labute approximate surface area is 97.5 Å². The molecule has 4 heteroatoms. The number of hydrogen-bond acceptors (Lipinski definition) is 4. The van der Waals surface area contributed by atoms with Crippen LogP contribution in [0.2, 0.25) is 0 Å². The fourth-order valence-corrected chi connectivity index (χ4v) is 1.55. The molecule has 0 bridgehead atoms. The second-order valence-electron chi connectivity index (χ2n) is 4.24. The molecule has 0 aliphatic heterocycles. The second kappa shape index (κ2) is 7.39. The lowest BCUT2D eigenvalue weighted by Gasteiger charge is -2.26. The Morgan fingerprint density at radius 3 is 1.88 bits per heavy atom. The highest BCUT2D eigenvalue weighted by Gasteiger charge is 2.35. The summed E-state index contributed by atoms with van der Waals surface area (Å²) in [5.74, 6) is -1.17. The summed E-state index contributed by atoms with van der Waals surface area (Å²) < 4.78 is 4.61. The van der Waals surface area contributed by atoms with Crippen LogP contribution in [-0.4, -0.2) is 17.5 Å². The van der Waals surface area contributed by atoms with Gasteiger partial charge >= 0.3 is 11.9 Å². The fourth-order valence-electron chi connectivity index (χ4n) is 1.55. The Hall–Kier alpha value is -0.900. The summed E-state index contributed by atoms with van der Waals surface area (Å²) in [4.78, 5) is 22.5. The van der Waals surface area contributed by atoms with Crippen LogP contribution in [-0.2, 0) is 14.3 Å². The van der Waals surface area contributed by atoms with Crippen LogP contribution in [0.1, 0.15) is 59.3 Å². The molecule has 0 heterocycles. The molecule has 0 atom stereocenters. The van der Waals surface area contributed by atoms with E-state index in [1.165, 1.54) is 6.92 Å². The van der Waals surface area contributed by atoms with E-state index in [-0.39, 0.29) is 0 Å². The first-order chi connectivity index (χ1) is 7.46. The molecule has 0 radical (unpaired) electrons. The molecular formula is C12H23NO3. The first kappa shape index (κ1) is 15.1. The predicted molar refractivity (Wildman–Crippen MR) is 62.7 cm³/mol. The lowest BCUT2D eigenvalue weighted by molar-refractivity contribution is -0.162. The Morgan fingerprint density at radius 2 is 1.56 bits per heavy atom. The average Bonchev–Trinajstić information content (AvgIpc) is 2.22. The summed E-state index contributed by atoms with van der Waals surface area (Å²) in [6, 6.07) is 0. The van der Waals surface area contributed by atoms with Gasteiger partial charge in [-0.2, -0.15) is 0 Å². The summed E-state index contributed by atoms with van der Waals surface area (Å²) in [5, 5.41) is 0. The van der Waals surface area contributed by atoms with Crippen molar-refractivity contribution in [1.82, 2.24) is 0 Å². The molecule has 16 heavy (non-hydrogen) atoms. The SMILES string of the molecule is CCCCC(N)(CCCC)C(=O)OC(C)=O. The van der Waals surface area contributed by atoms with Gasteiger partial charge in [-0.15, -0.1) is 0 Å². The molecule has 0 rings (SSSR count). The largest absolute Gasteiger partial charge is 0.392 e. The Kier molecular flexibility index (Phi) is 6.97. The summed E-state index contributed by atoms with van der Waals surface area (Å²) >= 11 is 0. The van der Waals surface area contributed by atoms with Crippen molar-refractivity contribution in [3.63, 3.8) is 0 Å². The molecule has 0 aliphatic rings. The maximum Gasteiger partial charge on any atom is 0.333 e. The molecule has 0 aromatic rings. The summed E-state index contributed by atoms with van der Waals surface area (Å²) in [6.45, 7) is 5.30. The number of ether oxygens (including phenoxy) is 1. The zero-order chi connectivity index (χ0) is 12.6. The lowest BCUT2D eigenvalue weighted by Crippen LogP contribution is -2.49. The lowest BCUT2D eigenvalue weighted by atomic mass is 9.88. The van der Waals surface area contributed by atoms with Crippen molar-refractivity contribution in [2.45, 2.75) is 64.8 Å². The predicted octanol–water partition coefficient (Wildman–Crippen LogP) is 2.15. The standard InChI is InChI=1S/C12H23NO3/c1-4-6-8-12(13,9-7-5-2)11(15)16-10(3)14/h4-9,13H2,1-3H3. The van der Waals surface area contributed by atoms with Crippen molar-refractivity contribution in [3.05, 3.63) is 0 Å². The molecule has 2 N–H and O–H groups in total. The third-order valence-electron chi connectivity index (χ3n) is 2.60. The van der Waals surface area contributed by atoms with Crippen LogP contribution in [0, 0.1) is 0 Å². The van der Waals surface area contributed by atoms with Crippen LogP contribution in [0.5, 0.6) is 0 Å². The second-order valence-corrected chi connectivity index (χ2v) is 4.24. The van der Waals surface area contributed by atoms with Crippen LogP contribution >= 0.6 is 0 Å². The van der Waals surface area contributed by atoms with Crippen LogP contribution in [0.3, 0.4) is 0 Å². The smallest absolute Gasteiger partial charge is 0.333 e. The van der Waals surface area contributed by atoms with Gasteiger partial charge in [0.05, 0.1) is 0 Å². The minimum absolute atomic E-state index is 0.579. The Bertz CT molecular complexity index is 230. The quantitative estimate of drug-likeness (QED) is 0.536. The number of esters is 2. The van der Waals surface area contributed by atoms with Crippen LogP contribution in [0.4, 0.5) is 0 Å². The van der Waals surface area contributed by atoms with Crippen molar-refractivity contribution < 1.29 is 14.3 Å². The molecule has 4 nitrogen and oxygen atoms in total. The normalized spacial score (nSPS) is 11.2. The van der Waals surface area contributed by atoms with E-state index in [1.807, 2.05) is 13.8 Å². The van der Waals surface area contributed by atoms with E-state index in [2.05, 4.69) is 4.74 Å². The van der Waals surface area contributed by atoms with Gasteiger partial charge in [-0.3, -0.25) is 4.79 Å². The number of nitrogens with two attached hydrogens (primary N) is 1. The van der Waals surface area contributed by atoms with Crippen LogP contribution in [0.15, 0.2) is 0 Å². The summed E-state index contributed by atoms with van der Waals surface area (Å²) in [5.41, 5.74) is 5.05. The van der Waals surface area contributed by atoms with Crippen LogP contribution < -0.4 is 5.73 Å². The number of unbranched alkanes of at least 4 members (excludes halogenated alkanes) is 2. The van der Waals surface area contributed by atoms with Crippen molar-refractivity contribution in [2.75, 3.05) is 0 Å². The molecule has 0 spiro atoms. The molecule has 94 valence electrons. The van der Waals surface area contributed by atoms with Gasteiger partial charge in [-0.25, -0.2) is 4.79 Å². The average molecular weight is 229 g/mol. The fraction of sp³-hybridized carbons (Fsp3) is 0.833. The molecule has 0 aliphatic carbocycles. The minimum Gasteiger partial charge on any atom is -0.392 e. The van der Waals surface area contributed by atoms with Crippen molar-refractivity contribution >= 4 is 11.9 Å². The first-order valence-corrected chi connectivity index (χ1v) is 5.98. The van der Waals surface area contributed by atoms with Crippen LogP contribution in [0.25, 0.3) is 0 Å². The highest BCUT2D eigenvalue weighted by Crippen LogP contribution is 2.20. The molecule has 0 aromatic heterocycles. The van der Waals surface area contributed by atoms with Gasteiger partial charge in [0.25, 0.3) is 0 Å². The maximum absolute atomic E-state index is 11.7. The van der Waals surface area contributed by atoms with E-state index >= 15 is 0 Å². The summed E-state index contributed by atoms with van der Waals surface area (Å²) in [6.07, 6.45) is 4.84. The maximum atomic E-state index is 11.7. The minimum atomic E-state index is -0.988. The third-order valence-corrected chi connectivity index (χ3v) is 2.60. The van der Waals surface area contributed by atoms with Gasteiger partial charge in [-0.1, -0.05) is 39.5 Å². The van der Waals surface area contributed by atoms with Gasteiger partial charge in [0.2, 0.25) is 0 Å². The molecular weight excluding hydrogens is 206 g/mol. The van der Waals surface area contributed by atoms with Gasteiger partial charge in [0, 0.05) is 6.92 Å². The Morgan fingerprint density at radius 1 is 1.12 bits per heavy atom. The summed E-state index contributed by atoms with van der Waals surface area (Å²) in [7, 11) is 0. The first-order valence-electron chi connectivity index (χ1n) is 5.98. The Balaban J connectivity index is 4.48. The van der Waals surface area contributed by atoms with Gasteiger partial charge in [-0.05, 0) is 12.8 Å². The van der Waals surface area contributed by atoms with Gasteiger partial charge in [0.1, 0.15) is 5.54 Å². The van der Waals surface area contributed by atoms with Gasteiger partial charge < -0.3 is 10.5 Å². The molecule has 0 fully saturated rings. The number of rotatable bonds is 7. The highest BCUT2D eigenvalue weighted by molar-refractivity contribution is 5.90. The molecule has 0 saturated carbocycles. The molecule has 0 unspecified atom stereocenters. The zero-order valence-electron chi connectivity index (χ0n) is 10.5. The molecule has 0 amide bonds. The number of carbonyl (C=O) groups excluding carboxylic acids is 2. The topological polar surface area (TPSA) is 69.4 Å². The van der Waals surface area contributed by atoms with Gasteiger partial charge in [0.15, 0.2) is 0 Å². The monoisotopic (exact) mass is 229 g/mol. The number of hydrogen-bond donors (Lipinski definition) is 1. The van der Waals surface area contributed by atoms with E-state index in [1.54, 1.807) is 0 Å². The van der Waals surface area contributed by atoms with E-state index in [0.29, 0.717) is 12.8 Å². The van der Waals surface area contributed by atoms with E-state index in [0.717, 1.165) is 25.7 Å².